The molecule has 0 aliphatic heterocycles. The quantitative estimate of drug-likeness (QED) is 0.0358. The van der Waals surface area contributed by atoms with Crippen LogP contribution in [-0.4, -0.2) is 11.4 Å². The van der Waals surface area contributed by atoms with Crippen molar-refractivity contribution in [2.24, 2.45) is 9.98 Å². The van der Waals surface area contributed by atoms with Gasteiger partial charge in [-0.25, -0.2) is 4.99 Å². The summed E-state index contributed by atoms with van der Waals surface area (Å²) in [5.41, 5.74) is 6.98. The molecule has 2 nitrogen and oxygen atoms in total. The van der Waals surface area contributed by atoms with E-state index in [9.17, 15) is 0 Å². The van der Waals surface area contributed by atoms with Crippen molar-refractivity contribution in [3.05, 3.63) is 71.8 Å². The van der Waals surface area contributed by atoms with E-state index in [4.69, 9.17) is 9.98 Å². The van der Waals surface area contributed by atoms with Gasteiger partial charge in [0.1, 0.15) is 0 Å². The number of aliphatic imine (C=N–C) groups is 2. The second kappa shape index (κ2) is 55.0. The highest BCUT2D eigenvalue weighted by molar-refractivity contribution is 6.47. The normalized spacial score (nSPS) is 11.8. The predicted molar refractivity (Wildman–Crippen MR) is 343 cm³/mol. The van der Waals surface area contributed by atoms with Gasteiger partial charge in [-0.2, -0.15) is 0 Å². The van der Waals surface area contributed by atoms with Crippen LogP contribution in [0.4, 0.5) is 11.4 Å². The molecule has 0 aliphatic carbocycles. The van der Waals surface area contributed by atoms with Crippen molar-refractivity contribution >= 4 is 22.8 Å². The Morgan fingerprint density at radius 3 is 1.00 bits per heavy atom. The van der Waals surface area contributed by atoms with Crippen molar-refractivity contribution in [3.8, 4) is 23.7 Å². The minimum Gasteiger partial charge on any atom is -0.251 e. The summed E-state index contributed by atoms with van der Waals surface area (Å²) in [7, 11) is 0. The maximum atomic E-state index is 5.54. The molecule has 0 saturated carbocycles. The van der Waals surface area contributed by atoms with Gasteiger partial charge in [0.05, 0.1) is 22.8 Å². The summed E-state index contributed by atoms with van der Waals surface area (Å²) >= 11 is 0. The Morgan fingerprint density at radius 1 is 0.329 bits per heavy atom. The SMILES string of the molecule is CCCCCCCCCCCCCCC#CCCCc1ccccc1N=C(/C=C/CCCCCCCCCCCCCCCC)C(CCCC)=Nc1ccccc1CCCC#CCCCCCCCCCCCCCC. The lowest BCUT2D eigenvalue weighted by Gasteiger charge is -2.12. The summed E-state index contributed by atoms with van der Waals surface area (Å²) in [6.45, 7) is 9.21. The minimum atomic E-state index is 0.925. The minimum absolute atomic E-state index is 0.925. The predicted octanol–water partition coefficient (Wildman–Crippen LogP) is 25.0. The summed E-state index contributed by atoms with van der Waals surface area (Å²) in [4.78, 5) is 11.1. The van der Waals surface area contributed by atoms with Crippen molar-refractivity contribution in [2.75, 3.05) is 0 Å². The first-order valence-corrected chi connectivity index (χ1v) is 33.6. The molecule has 0 amide bonds. The van der Waals surface area contributed by atoms with Crippen LogP contribution in [0.25, 0.3) is 0 Å². The van der Waals surface area contributed by atoms with E-state index < -0.39 is 0 Å². The fraction of sp³-hybridized carbons (Fsp3) is 0.730. The van der Waals surface area contributed by atoms with Crippen LogP contribution in [0.2, 0.25) is 0 Å². The standard InChI is InChI=1S/C74H122N2/c1-5-9-13-16-19-22-25-28-31-34-36-39-42-45-48-51-54-61-69-63-57-59-66-71(69)75-73(65-12-8-4)74(68-56-53-50-47-44-41-38-33-30-27-24-21-18-15-11-7-3)76-72-67-60-58-64-70(72)62-55-52-49-46-43-40-37-35-32-29-26-23-20-17-14-10-6-2/h56-60,63-64,66-68H,5-44,47,50-55,61-62,65H2,1-4H3/b68-56+,75-73?,76-74?. The highest BCUT2D eigenvalue weighted by Gasteiger charge is 2.12. The molecule has 2 heteroatoms. The Bertz CT molecular complexity index is 1800. The Hall–Kier alpha value is -3.36. The van der Waals surface area contributed by atoms with E-state index in [0.717, 1.165) is 99.8 Å². The van der Waals surface area contributed by atoms with E-state index in [0.29, 0.717) is 0 Å². The average molecular weight is 1040 g/mol. The average Bonchev–Trinajstić information content (AvgIpc) is 3.44. The third-order valence-electron chi connectivity index (χ3n) is 15.6. The zero-order chi connectivity index (χ0) is 54.1. The fourth-order valence-corrected chi connectivity index (χ4v) is 10.6. The van der Waals surface area contributed by atoms with Crippen LogP contribution in [0.5, 0.6) is 0 Å². The second-order valence-electron chi connectivity index (χ2n) is 22.9. The molecule has 2 rings (SSSR count). The maximum Gasteiger partial charge on any atom is 0.0848 e. The molecule has 0 aromatic heterocycles. The van der Waals surface area contributed by atoms with Crippen LogP contribution in [0.15, 0.2) is 70.7 Å². The van der Waals surface area contributed by atoms with Gasteiger partial charge in [0.2, 0.25) is 0 Å². The number of benzene rings is 2. The van der Waals surface area contributed by atoms with Gasteiger partial charge in [-0.1, -0.05) is 301 Å². The fourth-order valence-electron chi connectivity index (χ4n) is 10.6. The molecule has 0 unspecified atom stereocenters. The van der Waals surface area contributed by atoms with Gasteiger partial charge in [-0.15, -0.1) is 23.7 Å². The van der Waals surface area contributed by atoms with Gasteiger partial charge >= 0.3 is 0 Å². The Kier molecular flexibility index (Phi) is 49.7. The monoisotopic (exact) mass is 1040 g/mol. The van der Waals surface area contributed by atoms with Crippen molar-refractivity contribution in [3.63, 3.8) is 0 Å². The number of allylic oxidation sites excluding steroid dienone is 2. The van der Waals surface area contributed by atoms with E-state index >= 15 is 0 Å². The smallest absolute Gasteiger partial charge is 0.0848 e. The van der Waals surface area contributed by atoms with Crippen molar-refractivity contribution in [1.29, 1.82) is 0 Å². The van der Waals surface area contributed by atoms with Crippen molar-refractivity contribution < 1.29 is 0 Å². The zero-order valence-electron chi connectivity index (χ0n) is 51.0. The lowest BCUT2D eigenvalue weighted by Crippen LogP contribution is -2.12. The number of unbranched alkanes of at least 4 members (excludes halogenated alkanes) is 41. The number of aryl methyl sites for hydroxylation is 2. The first-order chi connectivity index (χ1) is 37.7. The van der Waals surface area contributed by atoms with E-state index in [1.807, 2.05) is 0 Å². The van der Waals surface area contributed by atoms with Gasteiger partial charge in [0.15, 0.2) is 0 Å². The molecule has 0 atom stereocenters. The molecule has 0 radical (unpaired) electrons. The van der Waals surface area contributed by atoms with Crippen LogP contribution >= 0.6 is 0 Å². The number of rotatable bonds is 52. The number of para-hydroxylation sites is 2. The lowest BCUT2D eigenvalue weighted by molar-refractivity contribution is 0.536. The van der Waals surface area contributed by atoms with Gasteiger partial charge in [0.25, 0.3) is 0 Å². The lowest BCUT2D eigenvalue weighted by atomic mass is 10.0. The van der Waals surface area contributed by atoms with E-state index in [-0.39, 0.29) is 0 Å². The van der Waals surface area contributed by atoms with Gasteiger partial charge < -0.3 is 0 Å². The summed E-state index contributed by atoms with van der Waals surface area (Å²) in [5, 5.41) is 0. The molecule has 428 valence electrons. The van der Waals surface area contributed by atoms with Crippen LogP contribution in [0.3, 0.4) is 0 Å². The molecule has 2 aromatic carbocycles. The largest absolute Gasteiger partial charge is 0.251 e. The summed E-state index contributed by atoms with van der Waals surface area (Å²) < 4.78 is 0. The molecule has 0 saturated heterocycles. The third kappa shape index (κ3) is 41.7. The topological polar surface area (TPSA) is 24.7 Å². The van der Waals surface area contributed by atoms with Crippen molar-refractivity contribution in [1.82, 2.24) is 0 Å². The van der Waals surface area contributed by atoms with E-state index in [2.05, 4.69) is 112 Å². The first kappa shape index (κ1) is 68.7. The second-order valence-corrected chi connectivity index (χ2v) is 22.9. The molecular weight excluding hydrogens is 917 g/mol. The first-order valence-electron chi connectivity index (χ1n) is 33.6. The molecule has 76 heavy (non-hydrogen) atoms. The van der Waals surface area contributed by atoms with Crippen LogP contribution in [-0.2, 0) is 12.8 Å². The van der Waals surface area contributed by atoms with Crippen LogP contribution < -0.4 is 0 Å². The number of nitrogens with zero attached hydrogens (tertiary/aromatic N) is 2. The number of hydrogen-bond donors (Lipinski definition) is 0. The van der Waals surface area contributed by atoms with Crippen LogP contribution in [0.1, 0.15) is 347 Å². The number of hydrogen-bond acceptors (Lipinski definition) is 2. The Labute approximate surface area is 474 Å². The Morgan fingerprint density at radius 2 is 0.632 bits per heavy atom. The third-order valence-corrected chi connectivity index (χ3v) is 15.6. The van der Waals surface area contributed by atoms with Gasteiger partial charge in [0, 0.05) is 25.7 Å². The summed E-state index contributed by atoms with van der Waals surface area (Å²) in [5.74, 6) is 14.1. The molecule has 0 aliphatic rings. The molecule has 0 heterocycles. The zero-order valence-corrected chi connectivity index (χ0v) is 51.0. The molecule has 0 fully saturated rings. The van der Waals surface area contributed by atoms with E-state index in [1.165, 1.54) is 255 Å². The highest BCUT2D eigenvalue weighted by atomic mass is 14.8. The summed E-state index contributed by atoms with van der Waals surface area (Å²) in [6.07, 6.45) is 70.0. The molecule has 2 aromatic rings. The molecule has 0 N–H and O–H groups in total. The Balaban J connectivity index is 2.02. The molecule has 0 spiro atoms. The summed E-state index contributed by atoms with van der Waals surface area (Å²) in [6, 6.07) is 17.7. The molecular formula is C74H122N2. The molecule has 0 bridgehead atoms. The highest BCUT2D eigenvalue weighted by Crippen LogP contribution is 2.26. The maximum absolute atomic E-state index is 5.54. The van der Waals surface area contributed by atoms with Gasteiger partial charge in [-0.3, -0.25) is 4.99 Å². The van der Waals surface area contributed by atoms with Gasteiger partial charge in [-0.05, 0) is 93.5 Å². The van der Waals surface area contributed by atoms with E-state index in [1.54, 1.807) is 0 Å². The van der Waals surface area contributed by atoms with Crippen molar-refractivity contribution in [2.45, 2.75) is 349 Å². The van der Waals surface area contributed by atoms with Crippen LogP contribution in [0, 0.1) is 23.7 Å².